The predicted octanol–water partition coefficient (Wildman–Crippen LogP) is 3.37. The van der Waals surface area contributed by atoms with Crippen LogP contribution >= 0.6 is 0 Å². The summed E-state index contributed by atoms with van der Waals surface area (Å²) in [5.41, 5.74) is 0.546. The average molecular weight is 354 g/mol. The molecule has 1 atom stereocenters. The highest BCUT2D eigenvalue weighted by molar-refractivity contribution is 5.87. The lowest BCUT2D eigenvalue weighted by Gasteiger charge is -2.41. The standard InChI is InChI=1S/C20H19FN2O3/c1-20(2)17(25-3)13-23(19(24)26-20)18-10-9-15(12-22-18)8-7-14-5-4-6-16(21)11-14/h4-6,9-12,17H,13H2,1-3H3. The molecule has 1 amide bonds. The lowest BCUT2D eigenvalue weighted by molar-refractivity contribution is -0.0858. The number of halogens is 1. The summed E-state index contributed by atoms with van der Waals surface area (Å²) in [6.07, 6.45) is 0.833. The number of amides is 1. The van der Waals surface area contributed by atoms with Gasteiger partial charge in [-0.3, -0.25) is 4.90 Å². The van der Waals surface area contributed by atoms with E-state index >= 15 is 0 Å². The van der Waals surface area contributed by atoms with E-state index in [-0.39, 0.29) is 11.9 Å². The van der Waals surface area contributed by atoms with E-state index in [1.54, 1.807) is 37.6 Å². The van der Waals surface area contributed by atoms with Crippen LogP contribution in [0.2, 0.25) is 0 Å². The zero-order valence-corrected chi connectivity index (χ0v) is 14.8. The van der Waals surface area contributed by atoms with Gasteiger partial charge in [0.1, 0.15) is 23.3 Å². The van der Waals surface area contributed by atoms with Gasteiger partial charge in [-0.05, 0) is 44.2 Å². The minimum atomic E-state index is -0.696. The molecule has 0 radical (unpaired) electrons. The molecule has 1 aromatic carbocycles. The number of aromatic nitrogens is 1. The van der Waals surface area contributed by atoms with Gasteiger partial charge in [-0.2, -0.15) is 0 Å². The van der Waals surface area contributed by atoms with Crippen molar-refractivity contribution in [2.45, 2.75) is 25.6 Å². The summed E-state index contributed by atoms with van der Waals surface area (Å²) < 4.78 is 24.0. The molecule has 0 saturated carbocycles. The number of carbonyl (C=O) groups is 1. The second-order valence-electron chi connectivity index (χ2n) is 6.47. The van der Waals surface area contributed by atoms with Crippen molar-refractivity contribution in [2.24, 2.45) is 0 Å². The number of cyclic esters (lactones) is 1. The van der Waals surface area contributed by atoms with Gasteiger partial charge in [-0.15, -0.1) is 0 Å². The molecule has 0 spiro atoms. The maximum absolute atomic E-state index is 13.2. The largest absolute Gasteiger partial charge is 0.440 e. The molecule has 0 bridgehead atoms. The quantitative estimate of drug-likeness (QED) is 0.776. The third-order valence-corrected chi connectivity index (χ3v) is 4.18. The Bertz CT molecular complexity index is 869. The van der Waals surface area contributed by atoms with E-state index < -0.39 is 11.7 Å². The number of methoxy groups -OCH3 is 1. The fourth-order valence-corrected chi connectivity index (χ4v) is 2.68. The molecule has 2 heterocycles. The first-order valence-electron chi connectivity index (χ1n) is 8.16. The maximum Gasteiger partial charge on any atom is 0.416 e. The third kappa shape index (κ3) is 3.84. The number of anilines is 1. The van der Waals surface area contributed by atoms with Crippen LogP contribution in [0.25, 0.3) is 0 Å². The number of carbonyl (C=O) groups excluding carboxylic acids is 1. The Balaban J connectivity index is 1.77. The van der Waals surface area contributed by atoms with Gasteiger partial charge in [0.15, 0.2) is 0 Å². The number of nitrogens with zero attached hydrogens (tertiary/aromatic N) is 2. The summed E-state index contributed by atoms with van der Waals surface area (Å²) in [4.78, 5) is 18.0. The van der Waals surface area contributed by atoms with Crippen LogP contribution in [0.1, 0.15) is 25.0 Å². The summed E-state index contributed by atoms with van der Waals surface area (Å²) in [7, 11) is 1.59. The Morgan fingerprint density at radius 1 is 1.27 bits per heavy atom. The van der Waals surface area contributed by atoms with Crippen molar-refractivity contribution in [1.82, 2.24) is 4.98 Å². The number of hydrogen-bond acceptors (Lipinski definition) is 4. The van der Waals surface area contributed by atoms with Crippen LogP contribution < -0.4 is 4.90 Å². The van der Waals surface area contributed by atoms with Crippen LogP contribution in [0.3, 0.4) is 0 Å². The summed E-state index contributed by atoms with van der Waals surface area (Å²) >= 11 is 0. The Hall–Kier alpha value is -2.91. The maximum atomic E-state index is 13.2. The first-order chi connectivity index (χ1) is 12.4. The van der Waals surface area contributed by atoms with Crippen LogP contribution in [0.4, 0.5) is 15.0 Å². The number of pyridine rings is 1. The third-order valence-electron chi connectivity index (χ3n) is 4.18. The van der Waals surface area contributed by atoms with Crippen LogP contribution in [0, 0.1) is 17.7 Å². The van der Waals surface area contributed by atoms with Crippen molar-refractivity contribution in [3.63, 3.8) is 0 Å². The van der Waals surface area contributed by atoms with E-state index in [1.165, 1.54) is 17.0 Å². The van der Waals surface area contributed by atoms with E-state index in [0.29, 0.717) is 23.5 Å². The molecule has 0 aliphatic carbocycles. The van der Waals surface area contributed by atoms with Gasteiger partial charge in [0.05, 0.1) is 6.54 Å². The zero-order chi connectivity index (χ0) is 18.7. The molecule has 1 aliphatic rings. The highest BCUT2D eigenvalue weighted by Gasteiger charge is 2.42. The highest BCUT2D eigenvalue weighted by Crippen LogP contribution is 2.27. The topological polar surface area (TPSA) is 51.7 Å². The second kappa shape index (κ2) is 7.14. The lowest BCUT2D eigenvalue weighted by Crippen LogP contribution is -2.57. The molecule has 3 rings (SSSR count). The number of benzene rings is 1. The van der Waals surface area contributed by atoms with Crippen molar-refractivity contribution < 1.29 is 18.7 Å². The van der Waals surface area contributed by atoms with Crippen LogP contribution in [0.15, 0.2) is 42.6 Å². The van der Waals surface area contributed by atoms with Crippen LogP contribution in [0.5, 0.6) is 0 Å². The molecule has 1 aromatic heterocycles. The molecule has 0 N–H and O–H groups in total. The van der Waals surface area contributed by atoms with Crippen molar-refractivity contribution in [2.75, 3.05) is 18.6 Å². The molecule has 1 aliphatic heterocycles. The van der Waals surface area contributed by atoms with Crippen molar-refractivity contribution in [3.05, 3.63) is 59.5 Å². The summed E-state index contributed by atoms with van der Waals surface area (Å²) in [6.45, 7) is 3.98. The normalized spacial score (nSPS) is 18.7. The van der Waals surface area contributed by atoms with Gasteiger partial charge in [-0.1, -0.05) is 17.9 Å². The van der Waals surface area contributed by atoms with E-state index in [4.69, 9.17) is 9.47 Å². The molecule has 1 fully saturated rings. The van der Waals surface area contributed by atoms with E-state index in [9.17, 15) is 9.18 Å². The molecular weight excluding hydrogens is 335 g/mol. The fraction of sp³-hybridized carbons (Fsp3) is 0.300. The Labute approximate surface area is 151 Å². The summed E-state index contributed by atoms with van der Waals surface area (Å²) in [5, 5.41) is 0. The van der Waals surface area contributed by atoms with E-state index in [0.717, 1.165) is 0 Å². The molecule has 134 valence electrons. The SMILES string of the molecule is COC1CN(c2ccc(C#Cc3cccc(F)c3)cn2)C(=O)OC1(C)C. The Kier molecular flexibility index (Phi) is 4.92. The first kappa shape index (κ1) is 17.9. The van der Waals surface area contributed by atoms with Crippen molar-refractivity contribution in [3.8, 4) is 11.8 Å². The number of rotatable bonds is 2. The van der Waals surface area contributed by atoms with E-state index in [1.807, 2.05) is 13.8 Å². The summed E-state index contributed by atoms with van der Waals surface area (Å²) in [6, 6.07) is 9.52. The monoisotopic (exact) mass is 354 g/mol. The smallest absolute Gasteiger partial charge is 0.416 e. The predicted molar refractivity (Wildman–Crippen MR) is 95.3 cm³/mol. The number of hydrogen-bond donors (Lipinski definition) is 0. The Morgan fingerprint density at radius 3 is 2.69 bits per heavy atom. The number of ether oxygens (including phenoxy) is 2. The Morgan fingerprint density at radius 2 is 2.04 bits per heavy atom. The van der Waals surface area contributed by atoms with Gasteiger partial charge in [0, 0.05) is 24.4 Å². The minimum absolute atomic E-state index is 0.269. The van der Waals surface area contributed by atoms with Gasteiger partial charge in [0.2, 0.25) is 0 Å². The van der Waals surface area contributed by atoms with Gasteiger partial charge < -0.3 is 9.47 Å². The molecule has 5 nitrogen and oxygen atoms in total. The highest BCUT2D eigenvalue weighted by atomic mass is 19.1. The minimum Gasteiger partial charge on any atom is -0.440 e. The molecular formula is C20H19FN2O3. The van der Waals surface area contributed by atoms with Gasteiger partial charge in [-0.25, -0.2) is 14.2 Å². The van der Waals surface area contributed by atoms with Crippen LogP contribution in [-0.2, 0) is 9.47 Å². The zero-order valence-electron chi connectivity index (χ0n) is 14.8. The molecule has 1 unspecified atom stereocenters. The second-order valence-corrected chi connectivity index (χ2v) is 6.47. The average Bonchev–Trinajstić information content (AvgIpc) is 2.60. The molecule has 2 aromatic rings. The molecule has 1 saturated heterocycles. The van der Waals surface area contributed by atoms with Gasteiger partial charge in [0.25, 0.3) is 0 Å². The molecule has 26 heavy (non-hydrogen) atoms. The molecule has 6 heteroatoms. The van der Waals surface area contributed by atoms with E-state index in [2.05, 4.69) is 16.8 Å². The lowest BCUT2D eigenvalue weighted by atomic mass is 9.99. The van der Waals surface area contributed by atoms with Crippen LogP contribution in [-0.4, -0.2) is 36.4 Å². The summed E-state index contributed by atoms with van der Waals surface area (Å²) in [5.74, 6) is 5.94. The van der Waals surface area contributed by atoms with Crippen molar-refractivity contribution in [1.29, 1.82) is 0 Å². The first-order valence-corrected chi connectivity index (χ1v) is 8.16. The fourth-order valence-electron chi connectivity index (χ4n) is 2.68. The van der Waals surface area contributed by atoms with Gasteiger partial charge >= 0.3 is 6.09 Å². The van der Waals surface area contributed by atoms with Crippen molar-refractivity contribution >= 4 is 11.9 Å².